The minimum absolute atomic E-state index is 0.136. The highest BCUT2D eigenvalue weighted by atomic mass is 79.9. The Morgan fingerprint density at radius 1 is 1.38 bits per heavy atom. The Morgan fingerprint density at radius 3 is 2.76 bits per heavy atom. The molecule has 8 heteroatoms. The first-order valence-corrected chi connectivity index (χ1v) is 8.93. The molecule has 3 rings (SSSR count). The third kappa shape index (κ3) is 2.98. The van der Waals surface area contributed by atoms with Gasteiger partial charge in [0.25, 0.3) is 0 Å². The lowest BCUT2D eigenvalue weighted by Gasteiger charge is -2.31. The number of hydrogen-bond donors (Lipinski definition) is 3. The SMILES string of the molecule is O=C1Cc2cc(S(=O)(=O)NCC3CC(O)C3)c(Br)cc2N1. The van der Waals surface area contributed by atoms with Crippen LogP contribution < -0.4 is 10.0 Å². The van der Waals surface area contributed by atoms with E-state index in [-0.39, 0.29) is 29.2 Å². The first kappa shape index (κ1) is 15.0. The zero-order valence-electron chi connectivity index (χ0n) is 11.1. The number of aliphatic hydroxyl groups is 1. The molecule has 1 fully saturated rings. The predicted octanol–water partition coefficient (Wildman–Crippen LogP) is 0.993. The highest BCUT2D eigenvalue weighted by molar-refractivity contribution is 9.10. The van der Waals surface area contributed by atoms with Gasteiger partial charge < -0.3 is 10.4 Å². The molecule has 0 aromatic heterocycles. The molecule has 0 bridgehead atoms. The summed E-state index contributed by atoms with van der Waals surface area (Å²) >= 11 is 3.24. The standard InChI is InChI=1S/C13H15BrN2O4S/c14-10-5-11-8(4-13(18)16-11)3-12(10)21(19,20)15-6-7-1-9(17)2-7/h3,5,7,9,15,17H,1-2,4,6H2,(H,16,18). The molecule has 0 atom stereocenters. The Bertz CT molecular complexity index is 698. The summed E-state index contributed by atoms with van der Waals surface area (Å²) < 4.78 is 27.7. The van der Waals surface area contributed by atoms with Crippen LogP contribution >= 0.6 is 15.9 Å². The number of anilines is 1. The molecule has 2 aliphatic rings. The third-order valence-electron chi connectivity index (χ3n) is 3.85. The topological polar surface area (TPSA) is 95.5 Å². The molecule has 6 nitrogen and oxygen atoms in total. The molecule has 0 saturated heterocycles. The molecule has 21 heavy (non-hydrogen) atoms. The highest BCUT2D eigenvalue weighted by Crippen LogP contribution is 2.33. The van der Waals surface area contributed by atoms with Gasteiger partial charge >= 0.3 is 0 Å². The van der Waals surface area contributed by atoms with Crippen molar-refractivity contribution in [3.05, 3.63) is 22.2 Å². The average Bonchev–Trinajstić information content (AvgIpc) is 2.71. The number of hydrogen-bond acceptors (Lipinski definition) is 4. The van der Waals surface area contributed by atoms with Crippen molar-refractivity contribution in [3.63, 3.8) is 0 Å². The zero-order valence-corrected chi connectivity index (χ0v) is 13.5. The van der Waals surface area contributed by atoms with E-state index in [4.69, 9.17) is 0 Å². The fraction of sp³-hybridized carbons (Fsp3) is 0.462. The Labute approximate surface area is 131 Å². The van der Waals surface area contributed by atoms with Crippen LogP contribution in [0.15, 0.2) is 21.5 Å². The lowest BCUT2D eigenvalue weighted by molar-refractivity contribution is -0.115. The average molecular weight is 375 g/mol. The van der Waals surface area contributed by atoms with Gasteiger partial charge in [-0.2, -0.15) is 0 Å². The lowest BCUT2D eigenvalue weighted by atomic mass is 9.83. The number of sulfonamides is 1. The van der Waals surface area contributed by atoms with Crippen LogP contribution in [0, 0.1) is 5.92 Å². The smallest absolute Gasteiger partial charge is 0.241 e. The molecule has 1 aromatic carbocycles. The van der Waals surface area contributed by atoms with Gasteiger partial charge in [-0.1, -0.05) is 0 Å². The summed E-state index contributed by atoms with van der Waals surface area (Å²) in [5.41, 5.74) is 1.33. The molecule has 1 saturated carbocycles. The molecule has 0 unspecified atom stereocenters. The Kier molecular flexibility index (Phi) is 3.81. The van der Waals surface area contributed by atoms with Gasteiger partial charge in [-0.25, -0.2) is 13.1 Å². The van der Waals surface area contributed by atoms with Gasteiger partial charge in [-0.05, 0) is 52.4 Å². The molecular formula is C13H15BrN2O4S. The van der Waals surface area contributed by atoms with Gasteiger partial charge in [0.05, 0.1) is 17.4 Å². The highest BCUT2D eigenvalue weighted by Gasteiger charge is 2.30. The fourth-order valence-electron chi connectivity index (χ4n) is 2.60. The quantitative estimate of drug-likeness (QED) is 0.732. The van der Waals surface area contributed by atoms with Crippen LogP contribution in [0.3, 0.4) is 0 Å². The fourth-order valence-corrected chi connectivity index (χ4v) is 4.81. The molecular weight excluding hydrogens is 360 g/mol. The maximum atomic E-state index is 12.4. The van der Waals surface area contributed by atoms with Crippen LogP contribution in [-0.2, 0) is 21.2 Å². The number of aliphatic hydroxyl groups excluding tert-OH is 1. The van der Waals surface area contributed by atoms with Gasteiger partial charge in [0, 0.05) is 16.7 Å². The van der Waals surface area contributed by atoms with Gasteiger partial charge in [-0.15, -0.1) is 0 Å². The molecule has 1 aliphatic carbocycles. The Morgan fingerprint density at radius 2 is 2.10 bits per heavy atom. The van der Waals surface area contributed by atoms with Gasteiger partial charge in [0.15, 0.2) is 0 Å². The van der Waals surface area contributed by atoms with E-state index in [9.17, 15) is 18.3 Å². The van der Waals surface area contributed by atoms with Crippen molar-refractivity contribution in [1.82, 2.24) is 4.72 Å². The number of benzene rings is 1. The molecule has 1 amide bonds. The van der Waals surface area contributed by atoms with Crippen molar-refractivity contribution in [3.8, 4) is 0 Å². The summed E-state index contributed by atoms with van der Waals surface area (Å²) in [6.07, 6.45) is 1.15. The largest absolute Gasteiger partial charge is 0.393 e. The Hall–Kier alpha value is -0.960. The van der Waals surface area contributed by atoms with E-state index in [0.29, 0.717) is 35.1 Å². The maximum absolute atomic E-state index is 12.4. The summed E-state index contributed by atoms with van der Waals surface area (Å²) in [6, 6.07) is 3.14. The van der Waals surface area contributed by atoms with E-state index in [1.54, 1.807) is 6.07 Å². The van der Waals surface area contributed by atoms with Crippen LogP contribution in [0.1, 0.15) is 18.4 Å². The maximum Gasteiger partial charge on any atom is 0.241 e. The summed E-state index contributed by atoms with van der Waals surface area (Å²) in [7, 11) is -3.64. The summed E-state index contributed by atoms with van der Waals surface area (Å²) in [4.78, 5) is 11.5. The van der Waals surface area contributed by atoms with Crippen LogP contribution in [0.25, 0.3) is 0 Å². The number of nitrogens with one attached hydrogen (secondary N) is 2. The molecule has 1 aliphatic heterocycles. The van der Waals surface area contributed by atoms with Crippen molar-refractivity contribution >= 4 is 37.5 Å². The molecule has 0 radical (unpaired) electrons. The zero-order chi connectivity index (χ0) is 15.2. The molecule has 1 heterocycles. The van der Waals surface area contributed by atoms with E-state index < -0.39 is 10.0 Å². The number of rotatable bonds is 4. The minimum Gasteiger partial charge on any atom is -0.393 e. The third-order valence-corrected chi connectivity index (χ3v) is 6.23. The molecule has 1 aromatic rings. The number of carbonyl (C=O) groups is 1. The minimum atomic E-state index is -3.64. The van der Waals surface area contributed by atoms with Crippen molar-refractivity contribution in [2.75, 3.05) is 11.9 Å². The number of amides is 1. The Balaban J connectivity index is 1.79. The van der Waals surface area contributed by atoms with E-state index in [1.807, 2.05) is 0 Å². The second-order valence-electron chi connectivity index (χ2n) is 5.51. The second-order valence-corrected chi connectivity index (χ2v) is 8.10. The first-order valence-electron chi connectivity index (χ1n) is 6.65. The summed E-state index contributed by atoms with van der Waals surface area (Å²) in [5.74, 6) is 0.0501. The second kappa shape index (κ2) is 5.35. The normalized spacial score (nSPS) is 24.4. The van der Waals surface area contributed by atoms with Crippen molar-refractivity contribution in [2.45, 2.75) is 30.3 Å². The molecule has 0 spiro atoms. The van der Waals surface area contributed by atoms with Crippen LogP contribution in [0.4, 0.5) is 5.69 Å². The number of halogens is 1. The van der Waals surface area contributed by atoms with Crippen molar-refractivity contribution < 1.29 is 18.3 Å². The monoisotopic (exact) mass is 374 g/mol. The van der Waals surface area contributed by atoms with E-state index >= 15 is 0 Å². The summed E-state index contributed by atoms with van der Waals surface area (Å²) in [6.45, 7) is 0.320. The molecule has 114 valence electrons. The van der Waals surface area contributed by atoms with E-state index in [2.05, 4.69) is 26.0 Å². The summed E-state index contributed by atoms with van der Waals surface area (Å²) in [5, 5.41) is 11.9. The number of carbonyl (C=O) groups excluding carboxylic acids is 1. The molecule has 3 N–H and O–H groups in total. The van der Waals surface area contributed by atoms with Crippen LogP contribution in [-0.4, -0.2) is 32.1 Å². The van der Waals surface area contributed by atoms with Crippen LogP contribution in [0.2, 0.25) is 0 Å². The van der Waals surface area contributed by atoms with Gasteiger partial charge in [0.2, 0.25) is 15.9 Å². The van der Waals surface area contributed by atoms with Gasteiger partial charge in [-0.3, -0.25) is 4.79 Å². The lowest BCUT2D eigenvalue weighted by Crippen LogP contribution is -2.38. The van der Waals surface area contributed by atoms with E-state index in [0.717, 1.165) is 0 Å². The predicted molar refractivity (Wildman–Crippen MR) is 80.4 cm³/mol. The first-order chi connectivity index (χ1) is 9.85. The van der Waals surface area contributed by atoms with Gasteiger partial charge in [0.1, 0.15) is 0 Å². The van der Waals surface area contributed by atoms with Crippen molar-refractivity contribution in [1.29, 1.82) is 0 Å². The van der Waals surface area contributed by atoms with E-state index in [1.165, 1.54) is 6.07 Å². The number of fused-ring (bicyclic) bond motifs is 1. The van der Waals surface area contributed by atoms with Crippen LogP contribution in [0.5, 0.6) is 0 Å². The van der Waals surface area contributed by atoms with Crippen molar-refractivity contribution in [2.24, 2.45) is 5.92 Å².